The van der Waals surface area contributed by atoms with Crippen LogP contribution in [0.5, 0.6) is 0 Å². The van der Waals surface area contributed by atoms with Gasteiger partial charge in [-0.1, -0.05) is 30.2 Å². The highest BCUT2D eigenvalue weighted by atomic mass is 35.5. The normalized spacial score (nSPS) is 18.6. The maximum Gasteiger partial charge on any atom is 0.434 e. The fourth-order valence-corrected chi connectivity index (χ4v) is 4.01. The second-order valence-corrected chi connectivity index (χ2v) is 7.60. The van der Waals surface area contributed by atoms with Crippen molar-refractivity contribution >= 4 is 17.5 Å². The van der Waals surface area contributed by atoms with Gasteiger partial charge >= 0.3 is 12.4 Å². The molecule has 2 aromatic rings. The van der Waals surface area contributed by atoms with E-state index in [4.69, 9.17) is 11.6 Å². The van der Waals surface area contributed by atoms with Crippen LogP contribution in [0.3, 0.4) is 0 Å². The van der Waals surface area contributed by atoms with Gasteiger partial charge in [0.2, 0.25) is 0 Å². The minimum Gasteiger partial charge on any atom is -0.318 e. The first-order chi connectivity index (χ1) is 14.5. The lowest BCUT2D eigenvalue weighted by Crippen LogP contribution is -2.77. The SMILES string of the molecule is O=C(NC(N1CCCCC1c1cccnc1)(C(F)(F)F)C(F)(F)F)c1cccc(Cl)c1. The second-order valence-electron chi connectivity index (χ2n) is 7.16. The van der Waals surface area contributed by atoms with E-state index in [0.717, 1.165) is 12.1 Å². The van der Waals surface area contributed by atoms with E-state index in [9.17, 15) is 31.1 Å². The number of hydrogen-bond acceptors (Lipinski definition) is 3. The highest BCUT2D eigenvalue weighted by Gasteiger charge is 2.76. The smallest absolute Gasteiger partial charge is 0.318 e. The summed E-state index contributed by atoms with van der Waals surface area (Å²) in [5, 5.41) is 1.28. The van der Waals surface area contributed by atoms with Crippen LogP contribution in [0.4, 0.5) is 26.3 Å². The third-order valence-corrected chi connectivity index (χ3v) is 5.44. The summed E-state index contributed by atoms with van der Waals surface area (Å²) >= 11 is 5.75. The number of benzene rings is 1. The van der Waals surface area contributed by atoms with Crippen molar-refractivity contribution in [3.05, 3.63) is 64.9 Å². The van der Waals surface area contributed by atoms with Crippen molar-refractivity contribution in [2.45, 2.75) is 43.3 Å². The minimum absolute atomic E-state index is 0.00322. The number of halogens is 7. The Labute approximate surface area is 179 Å². The Kier molecular flexibility index (Phi) is 6.52. The molecule has 0 bridgehead atoms. The van der Waals surface area contributed by atoms with E-state index in [-0.39, 0.29) is 28.3 Å². The monoisotopic (exact) mass is 465 g/mol. The van der Waals surface area contributed by atoms with Gasteiger partial charge in [-0.3, -0.25) is 14.7 Å². The summed E-state index contributed by atoms with van der Waals surface area (Å²) in [6, 6.07) is 6.32. The number of nitrogens with one attached hydrogen (secondary N) is 1. The van der Waals surface area contributed by atoms with Gasteiger partial charge in [-0.2, -0.15) is 26.3 Å². The molecule has 1 amide bonds. The van der Waals surface area contributed by atoms with Gasteiger partial charge in [0.25, 0.3) is 11.6 Å². The van der Waals surface area contributed by atoms with Gasteiger partial charge < -0.3 is 5.32 Å². The predicted molar refractivity (Wildman–Crippen MR) is 101 cm³/mol. The van der Waals surface area contributed by atoms with Crippen LogP contribution in [0.1, 0.15) is 41.2 Å². The van der Waals surface area contributed by atoms with Crippen LogP contribution in [-0.4, -0.2) is 40.4 Å². The molecule has 0 saturated carbocycles. The van der Waals surface area contributed by atoms with Crippen LogP contribution in [0.25, 0.3) is 0 Å². The predicted octanol–water partition coefficient (Wildman–Crippen LogP) is 5.51. The van der Waals surface area contributed by atoms with E-state index in [1.165, 1.54) is 42.0 Å². The number of rotatable bonds is 4. The van der Waals surface area contributed by atoms with Gasteiger partial charge in [0.1, 0.15) is 0 Å². The van der Waals surface area contributed by atoms with E-state index < -0.39 is 42.1 Å². The number of pyridine rings is 1. The molecule has 1 aromatic heterocycles. The first-order valence-corrected chi connectivity index (χ1v) is 9.73. The molecule has 3 rings (SSSR count). The van der Waals surface area contributed by atoms with Crippen molar-refractivity contribution in [2.24, 2.45) is 0 Å². The Morgan fingerprint density at radius 2 is 1.77 bits per heavy atom. The third kappa shape index (κ3) is 4.50. The molecular weight excluding hydrogens is 448 g/mol. The fourth-order valence-electron chi connectivity index (χ4n) is 3.82. The second kappa shape index (κ2) is 8.66. The summed E-state index contributed by atoms with van der Waals surface area (Å²) in [6.07, 6.45) is -8.53. The Hall–Kier alpha value is -2.33. The largest absolute Gasteiger partial charge is 0.434 e. The van der Waals surface area contributed by atoms with Crippen LogP contribution >= 0.6 is 11.6 Å². The number of alkyl halides is 6. The van der Waals surface area contributed by atoms with Gasteiger partial charge in [0, 0.05) is 35.6 Å². The number of aromatic nitrogens is 1. The van der Waals surface area contributed by atoms with Crippen molar-refractivity contribution in [3.8, 4) is 0 Å². The van der Waals surface area contributed by atoms with Gasteiger partial charge in [0.15, 0.2) is 0 Å². The maximum absolute atomic E-state index is 14.3. The van der Waals surface area contributed by atoms with Crippen molar-refractivity contribution in [3.63, 3.8) is 0 Å². The quantitative estimate of drug-likeness (QED) is 0.605. The van der Waals surface area contributed by atoms with Crippen LogP contribution in [-0.2, 0) is 0 Å². The summed E-state index contributed by atoms with van der Waals surface area (Å²) in [7, 11) is 0. The lowest BCUT2D eigenvalue weighted by Gasteiger charge is -2.50. The van der Waals surface area contributed by atoms with Gasteiger partial charge in [0.05, 0.1) is 0 Å². The average molecular weight is 466 g/mol. The van der Waals surface area contributed by atoms with Gasteiger partial charge in [-0.15, -0.1) is 0 Å². The molecule has 1 aliphatic rings. The van der Waals surface area contributed by atoms with Crippen LogP contribution in [0.2, 0.25) is 5.02 Å². The molecule has 1 N–H and O–H groups in total. The van der Waals surface area contributed by atoms with E-state index in [2.05, 4.69) is 4.98 Å². The van der Waals surface area contributed by atoms with E-state index >= 15 is 0 Å². The fraction of sp³-hybridized carbons (Fsp3) is 0.400. The molecule has 0 radical (unpaired) electrons. The molecule has 4 nitrogen and oxygen atoms in total. The first kappa shape index (κ1) is 23.3. The molecular formula is C20H18ClF6N3O. The molecule has 1 saturated heterocycles. The zero-order valence-electron chi connectivity index (χ0n) is 16.0. The minimum atomic E-state index is -5.86. The van der Waals surface area contributed by atoms with Crippen LogP contribution < -0.4 is 5.32 Å². The Bertz CT molecular complexity index is 905. The highest BCUT2D eigenvalue weighted by molar-refractivity contribution is 6.30. The van der Waals surface area contributed by atoms with E-state index in [1.807, 2.05) is 0 Å². The molecule has 1 unspecified atom stereocenters. The van der Waals surface area contributed by atoms with Crippen molar-refractivity contribution in [1.82, 2.24) is 15.2 Å². The Morgan fingerprint density at radius 3 is 2.35 bits per heavy atom. The number of carbonyl (C=O) groups is 1. The van der Waals surface area contributed by atoms with Crippen LogP contribution in [0, 0.1) is 0 Å². The number of hydrogen-bond donors (Lipinski definition) is 1. The third-order valence-electron chi connectivity index (χ3n) is 5.20. The van der Waals surface area contributed by atoms with E-state index in [0.29, 0.717) is 6.42 Å². The molecule has 1 aliphatic heterocycles. The van der Waals surface area contributed by atoms with Crippen molar-refractivity contribution in [2.75, 3.05) is 6.54 Å². The molecule has 31 heavy (non-hydrogen) atoms. The Balaban J connectivity index is 2.14. The molecule has 0 aliphatic carbocycles. The molecule has 2 heterocycles. The average Bonchev–Trinajstić information content (AvgIpc) is 2.70. The van der Waals surface area contributed by atoms with Crippen molar-refractivity contribution < 1.29 is 31.1 Å². The topological polar surface area (TPSA) is 45.2 Å². The van der Waals surface area contributed by atoms with E-state index in [1.54, 1.807) is 0 Å². The molecule has 1 fully saturated rings. The highest BCUT2D eigenvalue weighted by Crippen LogP contribution is 2.50. The maximum atomic E-state index is 14.3. The molecule has 168 valence electrons. The lowest BCUT2D eigenvalue weighted by molar-refractivity contribution is -0.356. The molecule has 0 spiro atoms. The van der Waals surface area contributed by atoms with Crippen molar-refractivity contribution in [1.29, 1.82) is 0 Å². The summed E-state index contributed by atoms with van der Waals surface area (Å²) in [6.45, 7) is -0.519. The zero-order chi connectivity index (χ0) is 22.9. The summed E-state index contributed by atoms with van der Waals surface area (Å²) in [5.41, 5.74) is -4.81. The number of carbonyl (C=O) groups excluding carboxylic acids is 1. The number of nitrogens with zero attached hydrogens (tertiary/aromatic N) is 2. The summed E-state index contributed by atoms with van der Waals surface area (Å²) in [4.78, 5) is 16.7. The number of likely N-dealkylation sites (tertiary alicyclic amines) is 1. The lowest BCUT2D eigenvalue weighted by atomic mass is 9.91. The zero-order valence-corrected chi connectivity index (χ0v) is 16.7. The van der Waals surface area contributed by atoms with Crippen LogP contribution in [0.15, 0.2) is 48.8 Å². The standard InChI is InChI=1S/C20H18ClF6N3O/c21-15-7-3-5-13(11-15)17(31)29-18(19(22,23)24,20(25,26)27)30-10-2-1-8-16(30)14-6-4-9-28-12-14/h3-7,9,11-12,16H,1-2,8,10H2,(H,29,31). The van der Waals surface area contributed by atoms with Gasteiger partial charge in [-0.05, 0) is 42.7 Å². The van der Waals surface area contributed by atoms with Gasteiger partial charge in [-0.25, -0.2) is 0 Å². The molecule has 11 heteroatoms. The summed E-state index contributed by atoms with van der Waals surface area (Å²) in [5.74, 6) is -1.53. The summed E-state index contributed by atoms with van der Waals surface area (Å²) < 4.78 is 85.7. The molecule has 1 aromatic carbocycles. The Morgan fingerprint density at radius 1 is 1.06 bits per heavy atom. The molecule has 1 atom stereocenters. The number of amides is 1. The first-order valence-electron chi connectivity index (χ1n) is 9.35. The number of piperidine rings is 1.